The van der Waals surface area contributed by atoms with E-state index in [0.717, 1.165) is 11.6 Å². The lowest BCUT2D eigenvalue weighted by Gasteiger charge is -2.14. The summed E-state index contributed by atoms with van der Waals surface area (Å²) in [4.78, 5) is 0. The van der Waals surface area contributed by atoms with Crippen LogP contribution in [0.3, 0.4) is 0 Å². The first-order valence-electron chi connectivity index (χ1n) is 8.12. The first-order valence-corrected chi connectivity index (χ1v) is 8.87. The topological polar surface area (TPSA) is 18.5 Å². The van der Waals surface area contributed by atoms with E-state index in [1.165, 1.54) is 6.07 Å². The second-order valence-corrected chi connectivity index (χ2v) is 6.92. The lowest BCUT2D eigenvalue weighted by molar-refractivity contribution is -0.274. The third-order valence-electron chi connectivity index (χ3n) is 3.65. The summed E-state index contributed by atoms with van der Waals surface area (Å²) in [7, 11) is 0. The molecule has 0 atom stereocenters. The second-order valence-electron chi connectivity index (χ2n) is 6.11. The van der Waals surface area contributed by atoms with Gasteiger partial charge in [0.2, 0.25) is 0 Å². The maximum Gasteiger partial charge on any atom is 0.573 e. The minimum Gasteiger partial charge on any atom is -0.492 e. The van der Waals surface area contributed by atoms with Crippen molar-refractivity contribution in [3.63, 3.8) is 0 Å². The molecular formula is C19H19Cl2F3O2. The van der Waals surface area contributed by atoms with Crippen LogP contribution in [0, 0.1) is 0 Å². The van der Waals surface area contributed by atoms with Crippen molar-refractivity contribution in [1.29, 1.82) is 0 Å². The fourth-order valence-corrected chi connectivity index (χ4v) is 3.15. The van der Waals surface area contributed by atoms with E-state index < -0.39 is 6.36 Å². The van der Waals surface area contributed by atoms with Gasteiger partial charge in [0.1, 0.15) is 11.5 Å². The molecule has 0 aliphatic carbocycles. The van der Waals surface area contributed by atoms with Gasteiger partial charge in [-0.3, -0.25) is 0 Å². The van der Waals surface area contributed by atoms with Crippen LogP contribution in [0.2, 0.25) is 10.0 Å². The zero-order chi connectivity index (χ0) is 19.3. The number of alkyl halides is 3. The average Bonchev–Trinajstić information content (AvgIpc) is 2.50. The highest BCUT2D eigenvalue weighted by Crippen LogP contribution is 2.33. The average molecular weight is 407 g/mol. The molecule has 0 N–H and O–H groups in total. The number of hydrogen-bond acceptors (Lipinski definition) is 2. The summed E-state index contributed by atoms with van der Waals surface area (Å²) in [6.07, 6.45) is -3.66. The SMILES string of the molecule is CC(C)c1cccc(OCCCc2cc(Cl)cc(OC(F)(F)F)c2)c1Cl. The largest absolute Gasteiger partial charge is 0.573 e. The summed E-state index contributed by atoms with van der Waals surface area (Å²) in [5.74, 6) is 0.559. The van der Waals surface area contributed by atoms with Crippen molar-refractivity contribution in [2.75, 3.05) is 6.61 Å². The van der Waals surface area contributed by atoms with E-state index in [9.17, 15) is 13.2 Å². The van der Waals surface area contributed by atoms with Crippen LogP contribution in [0.4, 0.5) is 13.2 Å². The summed E-state index contributed by atoms with van der Waals surface area (Å²) >= 11 is 12.2. The molecule has 0 heterocycles. The molecule has 0 fully saturated rings. The van der Waals surface area contributed by atoms with Gasteiger partial charge < -0.3 is 9.47 Å². The van der Waals surface area contributed by atoms with Gasteiger partial charge >= 0.3 is 6.36 Å². The van der Waals surface area contributed by atoms with Gasteiger partial charge in [0.05, 0.1) is 11.6 Å². The van der Waals surface area contributed by atoms with Crippen LogP contribution < -0.4 is 9.47 Å². The Hall–Kier alpha value is -1.59. The van der Waals surface area contributed by atoms with Crippen LogP contribution in [0.15, 0.2) is 36.4 Å². The summed E-state index contributed by atoms with van der Waals surface area (Å²) in [6.45, 7) is 4.47. The first kappa shape index (κ1) is 20.7. The monoisotopic (exact) mass is 406 g/mol. The zero-order valence-corrected chi connectivity index (χ0v) is 15.9. The molecule has 0 aliphatic rings. The van der Waals surface area contributed by atoms with Crippen LogP contribution in [-0.2, 0) is 6.42 Å². The zero-order valence-electron chi connectivity index (χ0n) is 14.4. The minimum atomic E-state index is -4.75. The van der Waals surface area contributed by atoms with Crippen LogP contribution in [0.1, 0.15) is 37.3 Å². The molecular weight excluding hydrogens is 388 g/mol. The van der Waals surface area contributed by atoms with E-state index in [2.05, 4.69) is 4.74 Å². The quantitative estimate of drug-likeness (QED) is 0.459. The Kier molecular flexibility index (Phi) is 7.07. The van der Waals surface area contributed by atoms with E-state index in [1.807, 2.05) is 26.0 Å². The molecule has 0 spiro atoms. The number of halogens is 5. The van der Waals surface area contributed by atoms with Gasteiger partial charge in [-0.15, -0.1) is 13.2 Å². The Morgan fingerprint density at radius 2 is 1.81 bits per heavy atom. The van der Waals surface area contributed by atoms with Crippen molar-refractivity contribution in [3.05, 3.63) is 57.6 Å². The van der Waals surface area contributed by atoms with Crippen LogP contribution in [0.25, 0.3) is 0 Å². The molecule has 2 aromatic carbocycles. The first-order chi connectivity index (χ1) is 12.2. The van der Waals surface area contributed by atoms with Gasteiger partial charge in [-0.05, 0) is 54.2 Å². The Bertz CT molecular complexity index is 746. The molecule has 0 saturated carbocycles. The number of hydrogen-bond donors (Lipinski definition) is 0. The molecule has 0 aliphatic heterocycles. The summed E-state index contributed by atoms with van der Waals surface area (Å²) < 4.78 is 46.6. The highest BCUT2D eigenvalue weighted by Gasteiger charge is 2.31. The lowest BCUT2D eigenvalue weighted by atomic mass is 10.0. The molecule has 2 rings (SSSR count). The molecule has 26 heavy (non-hydrogen) atoms. The smallest absolute Gasteiger partial charge is 0.492 e. The van der Waals surface area contributed by atoms with E-state index >= 15 is 0 Å². The highest BCUT2D eigenvalue weighted by atomic mass is 35.5. The third kappa shape index (κ3) is 6.29. The van der Waals surface area contributed by atoms with E-state index in [4.69, 9.17) is 27.9 Å². The summed E-state index contributed by atoms with van der Waals surface area (Å²) in [6, 6.07) is 9.69. The molecule has 2 aromatic rings. The van der Waals surface area contributed by atoms with Crippen molar-refractivity contribution in [3.8, 4) is 11.5 Å². The lowest BCUT2D eigenvalue weighted by Crippen LogP contribution is -2.17. The summed E-state index contributed by atoms with van der Waals surface area (Å²) in [5.41, 5.74) is 1.65. The van der Waals surface area contributed by atoms with Gasteiger partial charge in [-0.1, -0.05) is 49.2 Å². The Morgan fingerprint density at radius 3 is 2.46 bits per heavy atom. The maximum atomic E-state index is 12.3. The van der Waals surface area contributed by atoms with Crippen molar-refractivity contribution >= 4 is 23.2 Å². The summed E-state index contributed by atoms with van der Waals surface area (Å²) in [5, 5.41) is 0.779. The number of benzene rings is 2. The van der Waals surface area contributed by atoms with Gasteiger partial charge in [-0.2, -0.15) is 0 Å². The van der Waals surface area contributed by atoms with Gasteiger partial charge in [-0.25, -0.2) is 0 Å². The van der Waals surface area contributed by atoms with Crippen LogP contribution >= 0.6 is 23.2 Å². The Balaban J connectivity index is 1.93. The fraction of sp³-hybridized carbons (Fsp3) is 0.368. The molecule has 2 nitrogen and oxygen atoms in total. The molecule has 0 amide bonds. The molecule has 0 unspecified atom stereocenters. The van der Waals surface area contributed by atoms with E-state index in [1.54, 1.807) is 12.1 Å². The Morgan fingerprint density at radius 1 is 1.08 bits per heavy atom. The van der Waals surface area contributed by atoms with Crippen molar-refractivity contribution < 1.29 is 22.6 Å². The van der Waals surface area contributed by atoms with Crippen LogP contribution in [0.5, 0.6) is 11.5 Å². The standard InChI is InChI=1S/C19H19Cl2F3O2/c1-12(2)16-6-3-7-17(18(16)21)25-8-4-5-13-9-14(20)11-15(10-13)26-19(22,23)24/h3,6-7,9-12H,4-5,8H2,1-2H3. The Labute approximate surface area is 160 Å². The number of aryl methyl sites for hydroxylation is 1. The van der Waals surface area contributed by atoms with Gasteiger partial charge in [0.25, 0.3) is 0 Å². The van der Waals surface area contributed by atoms with Gasteiger partial charge in [0.15, 0.2) is 0 Å². The van der Waals surface area contributed by atoms with Crippen molar-refractivity contribution in [2.24, 2.45) is 0 Å². The third-order valence-corrected chi connectivity index (χ3v) is 4.27. The molecule has 0 radical (unpaired) electrons. The molecule has 142 valence electrons. The fourth-order valence-electron chi connectivity index (χ4n) is 2.50. The highest BCUT2D eigenvalue weighted by molar-refractivity contribution is 6.32. The second kappa shape index (κ2) is 8.87. The maximum absolute atomic E-state index is 12.3. The minimum absolute atomic E-state index is 0.190. The van der Waals surface area contributed by atoms with Crippen LogP contribution in [-0.4, -0.2) is 13.0 Å². The predicted octanol–water partition coefficient (Wildman–Crippen LogP) is 7.03. The van der Waals surface area contributed by atoms with E-state index in [-0.39, 0.29) is 16.7 Å². The van der Waals surface area contributed by atoms with Crippen molar-refractivity contribution in [1.82, 2.24) is 0 Å². The molecule has 0 bridgehead atoms. The molecule has 0 saturated heterocycles. The van der Waals surface area contributed by atoms with Crippen molar-refractivity contribution in [2.45, 2.75) is 39.0 Å². The molecule has 0 aromatic heterocycles. The number of rotatable bonds is 7. The predicted molar refractivity (Wildman–Crippen MR) is 97.5 cm³/mol. The van der Waals surface area contributed by atoms with E-state index in [0.29, 0.717) is 35.8 Å². The normalized spacial score (nSPS) is 11.7. The van der Waals surface area contributed by atoms with Gasteiger partial charge in [0, 0.05) is 5.02 Å². The molecule has 7 heteroatoms. The number of ether oxygens (including phenoxy) is 2.